The molecule has 0 aromatic heterocycles. The van der Waals surface area contributed by atoms with E-state index in [1.807, 2.05) is 30.3 Å². The summed E-state index contributed by atoms with van der Waals surface area (Å²) in [4.78, 5) is 0. The van der Waals surface area contributed by atoms with Gasteiger partial charge in [0.15, 0.2) is 0 Å². The largest absolute Gasteiger partial charge is 0.508 e. The summed E-state index contributed by atoms with van der Waals surface area (Å²) in [7, 11) is 0. The molecule has 0 spiro atoms. The first kappa shape index (κ1) is 10.7. The Labute approximate surface area is 105 Å². The van der Waals surface area contributed by atoms with Gasteiger partial charge in [-0.25, -0.2) is 0 Å². The number of hydrogen-bond acceptors (Lipinski definition) is 1. The molecule has 15 heavy (non-hydrogen) atoms. The van der Waals surface area contributed by atoms with Gasteiger partial charge < -0.3 is 5.11 Å². The van der Waals surface area contributed by atoms with Gasteiger partial charge >= 0.3 is 0 Å². The van der Waals surface area contributed by atoms with E-state index in [0.717, 1.165) is 20.1 Å². The molecule has 0 heterocycles. The van der Waals surface area contributed by atoms with Gasteiger partial charge in [-0.3, -0.25) is 0 Å². The zero-order chi connectivity index (χ0) is 10.8. The van der Waals surface area contributed by atoms with E-state index in [1.54, 1.807) is 12.1 Å². The minimum Gasteiger partial charge on any atom is -0.508 e. The van der Waals surface area contributed by atoms with Gasteiger partial charge in [0.25, 0.3) is 0 Å². The van der Waals surface area contributed by atoms with Gasteiger partial charge in [-0.1, -0.05) is 18.2 Å². The van der Waals surface area contributed by atoms with E-state index >= 15 is 0 Å². The second kappa shape index (κ2) is 4.37. The lowest BCUT2D eigenvalue weighted by atomic mass is 10.1. The maximum Gasteiger partial charge on any atom is 0.115 e. The molecule has 0 aliphatic carbocycles. The molecule has 1 N–H and O–H groups in total. The Balaban J connectivity index is 2.45. The average Bonchev–Trinajstić information content (AvgIpc) is 2.23. The van der Waals surface area contributed by atoms with E-state index in [4.69, 9.17) is 0 Å². The molecule has 0 bridgehead atoms. The third-order valence-corrected chi connectivity index (χ3v) is 4.00. The molecule has 3 heteroatoms. The van der Waals surface area contributed by atoms with Crippen LogP contribution in [0.15, 0.2) is 51.4 Å². The molecule has 0 saturated heterocycles. The number of benzene rings is 2. The smallest absolute Gasteiger partial charge is 0.115 e. The van der Waals surface area contributed by atoms with E-state index in [2.05, 4.69) is 31.9 Å². The van der Waals surface area contributed by atoms with Crippen LogP contribution in [0.5, 0.6) is 5.75 Å². The quantitative estimate of drug-likeness (QED) is 0.812. The molecule has 2 aromatic rings. The van der Waals surface area contributed by atoms with Gasteiger partial charge in [0.05, 0.1) is 0 Å². The molecule has 0 aliphatic rings. The first-order valence-corrected chi connectivity index (χ1v) is 6.00. The summed E-state index contributed by atoms with van der Waals surface area (Å²) in [5.74, 6) is 0.287. The summed E-state index contributed by atoms with van der Waals surface area (Å²) >= 11 is 6.89. The van der Waals surface area contributed by atoms with Gasteiger partial charge in [-0.2, -0.15) is 0 Å². The first-order valence-electron chi connectivity index (χ1n) is 4.41. The van der Waals surface area contributed by atoms with Crippen molar-refractivity contribution in [3.05, 3.63) is 51.4 Å². The van der Waals surface area contributed by atoms with Gasteiger partial charge in [0, 0.05) is 8.95 Å². The maximum atomic E-state index is 9.19. The lowest BCUT2D eigenvalue weighted by molar-refractivity contribution is 0.475. The normalized spacial score (nSPS) is 10.3. The molecule has 0 unspecified atom stereocenters. The van der Waals surface area contributed by atoms with E-state index in [1.165, 1.54) is 0 Å². The van der Waals surface area contributed by atoms with Crippen LogP contribution in [0.1, 0.15) is 0 Å². The zero-order valence-corrected chi connectivity index (χ0v) is 10.9. The second-order valence-electron chi connectivity index (χ2n) is 3.18. The van der Waals surface area contributed by atoms with E-state index < -0.39 is 0 Å². The van der Waals surface area contributed by atoms with Crippen LogP contribution in [0.4, 0.5) is 0 Å². The molecule has 0 aliphatic heterocycles. The molecule has 0 amide bonds. The fraction of sp³-hybridized carbons (Fsp3) is 0. The van der Waals surface area contributed by atoms with Gasteiger partial charge in [0.2, 0.25) is 0 Å². The Kier molecular flexibility index (Phi) is 3.12. The van der Waals surface area contributed by atoms with Crippen molar-refractivity contribution in [2.45, 2.75) is 0 Å². The van der Waals surface area contributed by atoms with Crippen molar-refractivity contribution in [1.82, 2.24) is 0 Å². The van der Waals surface area contributed by atoms with Gasteiger partial charge in [-0.05, 0) is 67.3 Å². The molecule has 0 atom stereocenters. The molecule has 1 nitrogen and oxygen atoms in total. The van der Waals surface area contributed by atoms with E-state index in [9.17, 15) is 5.11 Å². The van der Waals surface area contributed by atoms with E-state index in [0.29, 0.717) is 0 Å². The number of rotatable bonds is 1. The SMILES string of the molecule is Oc1ccc(-c2ccc(Br)c(Br)c2)cc1. The Morgan fingerprint density at radius 3 is 1.93 bits per heavy atom. The van der Waals surface area contributed by atoms with Crippen LogP contribution in [-0.4, -0.2) is 5.11 Å². The molecular formula is C12H8Br2O. The predicted molar refractivity (Wildman–Crippen MR) is 68.9 cm³/mol. The summed E-state index contributed by atoms with van der Waals surface area (Å²) in [6.07, 6.45) is 0. The second-order valence-corrected chi connectivity index (χ2v) is 4.88. The highest BCUT2D eigenvalue weighted by Gasteiger charge is 2.01. The van der Waals surface area contributed by atoms with Crippen molar-refractivity contribution in [3.63, 3.8) is 0 Å². The zero-order valence-electron chi connectivity index (χ0n) is 7.74. The topological polar surface area (TPSA) is 20.2 Å². The standard InChI is InChI=1S/C12H8Br2O/c13-11-6-3-9(7-12(11)14)8-1-4-10(15)5-2-8/h1-7,15H. The van der Waals surface area contributed by atoms with Crippen molar-refractivity contribution in [3.8, 4) is 16.9 Å². The highest BCUT2D eigenvalue weighted by Crippen LogP contribution is 2.29. The molecule has 0 saturated carbocycles. The van der Waals surface area contributed by atoms with Crippen molar-refractivity contribution in [2.24, 2.45) is 0 Å². The Morgan fingerprint density at radius 1 is 0.733 bits per heavy atom. The Hall–Kier alpha value is -0.800. The van der Waals surface area contributed by atoms with Crippen LogP contribution in [0.2, 0.25) is 0 Å². The van der Waals surface area contributed by atoms with Crippen LogP contribution >= 0.6 is 31.9 Å². The summed E-state index contributed by atoms with van der Waals surface area (Å²) < 4.78 is 2.05. The van der Waals surface area contributed by atoms with Crippen LogP contribution in [0.3, 0.4) is 0 Å². The number of aromatic hydroxyl groups is 1. The Bertz CT molecular complexity index is 477. The summed E-state index contributed by atoms with van der Waals surface area (Å²) in [6.45, 7) is 0. The van der Waals surface area contributed by atoms with Crippen LogP contribution in [-0.2, 0) is 0 Å². The minimum absolute atomic E-state index is 0.287. The van der Waals surface area contributed by atoms with Crippen molar-refractivity contribution in [1.29, 1.82) is 0 Å². The van der Waals surface area contributed by atoms with E-state index in [-0.39, 0.29) is 5.75 Å². The van der Waals surface area contributed by atoms with Crippen molar-refractivity contribution < 1.29 is 5.11 Å². The minimum atomic E-state index is 0.287. The van der Waals surface area contributed by atoms with Crippen molar-refractivity contribution in [2.75, 3.05) is 0 Å². The molecule has 2 aromatic carbocycles. The van der Waals surface area contributed by atoms with Crippen LogP contribution < -0.4 is 0 Å². The number of halogens is 2. The van der Waals surface area contributed by atoms with Crippen molar-refractivity contribution >= 4 is 31.9 Å². The summed E-state index contributed by atoms with van der Waals surface area (Å²) in [5, 5.41) is 9.19. The maximum absolute atomic E-state index is 9.19. The fourth-order valence-electron chi connectivity index (χ4n) is 1.33. The third kappa shape index (κ3) is 2.41. The third-order valence-electron chi connectivity index (χ3n) is 2.12. The monoisotopic (exact) mass is 326 g/mol. The Morgan fingerprint density at radius 2 is 1.33 bits per heavy atom. The highest BCUT2D eigenvalue weighted by molar-refractivity contribution is 9.13. The molecule has 0 radical (unpaired) electrons. The van der Waals surface area contributed by atoms with Gasteiger partial charge in [-0.15, -0.1) is 0 Å². The van der Waals surface area contributed by atoms with Crippen LogP contribution in [0, 0.1) is 0 Å². The molecule has 2 rings (SSSR count). The lowest BCUT2D eigenvalue weighted by Gasteiger charge is -2.03. The molecular weight excluding hydrogens is 320 g/mol. The fourth-order valence-corrected chi connectivity index (χ4v) is 1.95. The lowest BCUT2D eigenvalue weighted by Crippen LogP contribution is -1.78. The first-order chi connectivity index (χ1) is 7.16. The summed E-state index contributed by atoms with van der Waals surface area (Å²) in [6, 6.07) is 13.2. The number of phenols is 1. The molecule has 76 valence electrons. The molecule has 0 fully saturated rings. The summed E-state index contributed by atoms with van der Waals surface area (Å²) in [5.41, 5.74) is 2.20. The number of phenolic OH excluding ortho intramolecular Hbond substituents is 1. The van der Waals surface area contributed by atoms with Gasteiger partial charge in [0.1, 0.15) is 5.75 Å². The number of hydrogen-bond donors (Lipinski definition) is 1. The highest BCUT2D eigenvalue weighted by atomic mass is 79.9. The predicted octanol–water partition coefficient (Wildman–Crippen LogP) is 4.58. The average molecular weight is 328 g/mol. The van der Waals surface area contributed by atoms with Crippen LogP contribution in [0.25, 0.3) is 11.1 Å².